The second-order valence-electron chi connectivity index (χ2n) is 5.07. The number of fused-ring (bicyclic) bond motifs is 1. The highest BCUT2D eigenvalue weighted by Crippen LogP contribution is 2.36. The van der Waals surface area contributed by atoms with Crippen molar-refractivity contribution in [2.75, 3.05) is 24.1 Å². The number of hydrogen-bond acceptors (Lipinski definition) is 4. The van der Waals surface area contributed by atoms with Gasteiger partial charge in [-0.2, -0.15) is 0 Å². The van der Waals surface area contributed by atoms with Crippen molar-refractivity contribution in [3.05, 3.63) is 46.4 Å². The Morgan fingerprint density at radius 3 is 2.46 bits per heavy atom. The van der Waals surface area contributed by atoms with E-state index in [1.807, 2.05) is 0 Å². The third-order valence-electron chi connectivity index (χ3n) is 3.56. The molecular formula is C16H15Cl2NO4S. The molecule has 3 rings (SSSR count). The van der Waals surface area contributed by atoms with Gasteiger partial charge in [0.25, 0.3) is 10.0 Å². The maximum Gasteiger partial charge on any atom is 0.265 e. The summed E-state index contributed by atoms with van der Waals surface area (Å²) < 4.78 is 38.3. The smallest absolute Gasteiger partial charge is 0.265 e. The fourth-order valence-corrected chi connectivity index (χ4v) is 4.68. The Bertz CT molecular complexity index is 870. The molecule has 1 aliphatic heterocycles. The lowest BCUT2D eigenvalue weighted by Crippen LogP contribution is -2.31. The summed E-state index contributed by atoms with van der Waals surface area (Å²) in [5.41, 5.74) is 0.470. The highest BCUT2D eigenvalue weighted by atomic mass is 35.5. The van der Waals surface area contributed by atoms with Gasteiger partial charge in [0.15, 0.2) is 11.5 Å². The average molecular weight is 388 g/mol. The largest absolute Gasteiger partial charge is 0.486 e. The Morgan fingerprint density at radius 2 is 1.75 bits per heavy atom. The van der Waals surface area contributed by atoms with E-state index < -0.39 is 10.0 Å². The minimum Gasteiger partial charge on any atom is -0.486 e. The Kier molecular flexibility index (Phi) is 4.80. The first-order valence-corrected chi connectivity index (χ1v) is 9.50. The highest BCUT2D eigenvalue weighted by molar-refractivity contribution is 7.93. The number of rotatable bonds is 4. The quantitative estimate of drug-likeness (QED) is 0.795. The fourth-order valence-electron chi connectivity index (χ4n) is 2.47. The average Bonchev–Trinajstić information content (AvgIpc) is 2.57. The molecule has 0 saturated heterocycles. The molecule has 1 heterocycles. The predicted octanol–water partition coefficient (Wildman–Crippen LogP) is 3.98. The van der Waals surface area contributed by atoms with Gasteiger partial charge in [-0.05, 0) is 37.3 Å². The number of nitrogens with zero attached hydrogens (tertiary/aromatic N) is 1. The van der Waals surface area contributed by atoms with Crippen molar-refractivity contribution in [3.63, 3.8) is 0 Å². The molecule has 0 aromatic heterocycles. The zero-order chi connectivity index (χ0) is 17.3. The van der Waals surface area contributed by atoms with Crippen molar-refractivity contribution < 1.29 is 17.9 Å². The number of benzene rings is 2. The van der Waals surface area contributed by atoms with E-state index in [0.29, 0.717) is 35.4 Å². The molecule has 0 spiro atoms. The van der Waals surface area contributed by atoms with Crippen LogP contribution in [0.25, 0.3) is 0 Å². The summed E-state index contributed by atoms with van der Waals surface area (Å²) >= 11 is 12.0. The second kappa shape index (κ2) is 6.70. The first-order valence-electron chi connectivity index (χ1n) is 7.31. The van der Waals surface area contributed by atoms with Gasteiger partial charge in [0.05, 0.1) is 10.7 Å². The number of sulfonamides is 1. The van der Waals surface area contributed by atoms with Crippen LogP contribution in [0, 0.1) is 0 Å². The minimum absolute atomic E-state index is 0.0339. The van der Waals surface area contributed by atoms with Gasteiger partial charge >= 0.3 is 0 Å². The van der Waals surface area contributed by atoms with Crippen molar-refractivity contribution in [2.24, 2.45) is 0 Å². The molecule has 5 nitrogen and oxygen atoms in total. The van der Waals surface area contributed by atoms with Gasteiger partial charge in [0, 0.05) is 17.6 Å². The molecule has 0 aliphatic carbocycles. The molecule has 0 bridgehead atoms. The van der Waals surface area contributed by atoms with Crippen molar-refractivity contribution >= 4 is 38.9 Å². The second-order valence-corrected chi connectivity index (χ2v) is 7.75. The minimum atomic E-state index is -3.86. The molecule has 0 fully saturated rings. The van der Waals surface area contributed by atoms with Gasteiger partial charge in [0.1, 0.15) is 18.1 Å². The molecule has 2 aromatic rings. The van der Waals surface area contributed by atoms with Crippen LogP contribution in [-0.2, 0) is 10.0 Å². The molecule has 24 heavy (non-hydrogen) atoms. The lowest BCUT2D eigenvalue weighted by Gasteiger charge is -2.25. The summed E-state index contributed by atoms with van der Waals surface area (Å²) in [4.78, 5) is -0.0339. The number of ether oxygens (including phenoxy) is 2. The Balaban J connectivity index is 2.06. The lowest BCUT2D eigenvalue weighted by molar-refractivity contribution is 0.171. The van der Waals surface area contributed by atoms with Crippen LogP contribution in [-0.4, -0.2) is 28.2 Å². The van der Waals surface area contributed by atoms with Crippen LogP contribution in [0.15, 0.2) is 41.3 Å². The molecule has 0 unspecified atom stereocenters. The van der Waals surface area contributed by atoms with Gasteiger partial charge < -0.3 is 9.47 Å². The molecule has 0 atom stereocenters. The van der Waals surface area contributed by atoms with E-state index in [1.54, 1.807) is 31.2 Å². The van der Waals surface area contributed by atoms with Gasteiger partial charge in [-0.25, -0.2) is 8.42 Å². The van der Waals surface area contributed by atoms with Crippen LogP contribution in [0.3, 0.4) is 0 Å². The normalized spacial score (nSPS) is 13.6. The van der Waals surface area contributed by atoms with Crippen molar-refractivity contribution in [1.82, 2.24) is 0 Å². The molecule has 1 aliphatic rings. The van der Waals surface area contributed by atoms with E-state index in [0.717, 1.165) is 0 Å². The van der Waals surface area contributed by atoms with Gasteiger partial charge in [-0.1, -0.05) is 23.2 Å². The van der Waals surface area contributed by atoms with E-state index in [4.69, 9.17) is 32.7 Å². The molecule has 0 N–H and O–H groups in total. The van der Waals surface area contributed by atoms with E-state index in [9.17, 15) is 8.42 Å². The van der Waals surface area contributed by atoms with Crippen LogP contribution in [0.4, 0.5) is 5.69 Å². The first-order chi connectivity index (χ1) is 11.4. The molecule has 0 radical (unpaired) electrons. The van der Waals surface area contributed by atoms with Crippen LogP contribution < -0.4 is 13.8 Å². The zero-order valence-electron chi connectivity index (χ0n) is 12.8. The number of halogens is 2. The summed E-state index contributed by atoms with van der Waals surface area (Å²) in [6, 6.07) is 9.38. The summed E-state index contributed by atoms with van der Waals surface area (Å²) in [5, 5.41) is 0.423. The fraction of sp³-hybridized carbons (Fsp3) is 0.250. The summed E-state index contributed by atoms with van der Waals surface area (Å²) in [7, 11) is -3.86. The van der Waals surface area contributed by atoms with Crippen LogP contribution in [0.5, 0.6) is 11.5 Å². The van der Waals surface area contributed by atoms with E-state index >= 15 is 0 Å². The Hall–Kier alpha value is -1.63. The van der Waals surface area contributed by atoms with Gasteiger partial charge in [-0.3, -0.25) is 4.31 Å². The maximum absolute atomic E-state index is 13.0. The van der Waals surface area contributed by atoms with Crippen molar-refractivity contribution in [1.29, 1.82) is 0 Å². The number of hydrogen-bond donors (Lipinski definition) is 0. The van der Waals surface area contributed by atoms with E-state index in [-0.39, 0.29) is 16.5 Å². The van der Waals surface area contributed by atoms with Crippen LogP contribution in [0.2, 0.25) is 10.0 Å². The third-order valence-corrected chi connectivity index (χ3v) is 6.18. The zero-order valence-corrected chi connectivity index (χ0v) is 15.2. The van der Waals surface area contributed by atoms with Crippen LogP contribution >= 0.6 is 23.2 Å². The van der Waals surface area contributed by atoms with Gasteiger partial charge in [0.2, 0.25) is 0 Å². The summed E-state index contributed by atoms with van der Waals surface area (Å²) in [5.74, 6) is 1.11. The lowest BCUT2D eigenvalue weighted by atomic mass is 10.2. The highest BCUT2D eigenvalue weighted by Gasteiger charge is 2.27. The maximum atomic E-state index is 13.0. The topological polar surface area (TPSA) is 55.8 Å². The third kappa shape index (κ3) is 3.14. The monoisotopic (exact) mass is 387 g/mol. The molecule has 8 heteroatoms. The van der Waals surface area contributed by atoms with Crippen LogP contribution in [0.1, 0.15) is 6.92 Å². The Morgan fingerprint density at radius 1 is 1.04 bits per heavy atom. The molecule has 0 amide bonds. The summed E-state index contributed by atoms with van der Waals surface area (Å²) in [6.45, 7) is 2.87. The van der Waals surface area contributed by atoms with Gasteiger partial charge in [-0.15, -0.1) is 0 Å². The standard InChI is InChI=1S/C16H15Cl2NO4S/c1-2-19(12-4-6-14-15(10-12)23-8-7-22-14)24(20,21)16-9-11(17)3-5-13(16)18/h3-6,9-10H,2,7-8H2,1H3. The van der Waals surface area contributed by atoms with E-state index in [2.05, 4.69) is 0 Å². The van der Waals surface area contributed by atoms with Crippen molar-refractivity contribution in [3.8, 4) is 11.5 Å². The summed E-state index contributed by atoms with van der Waals surface area (Å²) in [6.07, 6.45) is 0. The number of anilines is 1. The SMILES string of the molecule is CCN(c1ccc2c(c1)OCCO2)S(=O)(=O)c1cc(Cl)ccc1Cl. The molecule has 2 aromatic carbocycles. The predicted molar refractivity (Wildman–Crippen MR) is 94.1 cm³/mol. The molecule has 0 saturated carbocycles. The first kappa shape index (κ1) is 17.2. The van der Waals surface area contributed by atoms with Crippen molar-refractivity contribution in [2.45, 2.75) is 11.8 Å². The molecule has 128 valence electrons. The van der Waals surface area contributed by atoms with E-state index in [1.165, 1.54) is 16.4 Å². The Labute approximate surface area is 150 Å². The molecular weight excluding hydrogens is 373 g/mol.